The highest BCUT2D eigenvalue weighted by Crippen LogP contribution is 2.23. The molecule has 0 N–H and O–H groups in total. The lowest BCUT2D eigenvalue weighted by Crippen LogP contribution is -2.32. The zero-order valence-electron chi connectivity index (χ0n) is 14.8. The molecule has 7 heteroatoms. The summed E-state index contributed by atoms with van der Waals surface area (Å²) in [6.45, 7) is 4.19. The number of anilines is 2. The molecule has 0 radical (unpaired) electrons. The smallest absolute Gasteiger partial charge is 0.281 e. The van der Waals surface area contributed by atoms with Crippen LogP contribution in [0.15, 0.2) is 4.79 Å². The van der Waals surface area contributed by atoms with Gasteiger partial charge in [0.2, 0.25) is 11.9 Å². The van der Waals surface area contributed by atoms with Crippen LogP contribution < -0.4 is 15.4 Å². The summed E-state index contributed by atoms with van der Waals surface area (Å²) in [4.78, 5) is 26.3. The maximum atomic E-state index is 12.9. The largest absolute Gasteiger partial charge is 0.348 e. The van der Waals surface area contributed by atoms with Gasteiger partial charge in [-0.1, -0.05) is 5.92 Å². The van der Waals surface area contributed by atoms with Crippen molar-refractivity contribution in [2.75, 3.05) is 37.0 Å². The molecule has 0 aromatic carbocycles. The Hall–Kier alpha value is -2.49. The molecular formula is C17H24N6O. The number of piperidine rings is 1. The molecular weight excluding hydrogens is 304 g/mol. The topological polar surface area (TPSA) is 59.2 Å². The van der Waals surface area contributed by atoms with E-state index in [1.54, 1.807) is 18.5 Å². The lowest BCUT2D eigenvalue weighted by Gasteiger charge is -2.27. The van der Waals surface area contributed by atoms with Crippen molar-refractivity contribution in [3.05, 3.63) is 10.4 Å². The summed E-state index contributed by atoms with van der Waals surface area (Å²) in [5.41, 5.74) is 0.948. The molecule has 3 rings (SSSR count). The normalized spacial score (nSPS) is 14.6. The van der Waals surface area contributed by atoms with Crippen LogP contribution in [0.5, 0.6) is 0 Å². The van der Waals surface area contributed by atoms with Gasteiger partial charge in [0.05, 0.1) is 6.54 Å². The summed E-state index contributed by atoms with van der Waals surface area (Å²) in [7, 11) is 5.49. The summed E-state index contributed by atoms with van der Waals surface area (Å²) in [5, 5.41) is 0. The summed E-state index contributed by atoms with van der Waals surface area (Å²) < 4.78 is 3.49. The third-order valence-electron chi connectivity index (χ3n) is 4.40. The van der Waals surface area contributed by atoms with Crippen molar-refractivity contribution in [3.8, 4) is 11.8 Å². The molecule has 1 aliphatic rings. The van der Waals surface area contributed by atoms with Crippen LogP contribution in [0.25, 0.3) is 11.2 Å². The minimum absolute atomic E-state index is 0.0858. The van der Waals surface area contributed by atoms with Gasteiger partial charge in [0.25, 0.3) is 5.56 Å². The van der Waals surface area contributed by atoms with Gasteiger partial charge in [0.15, 0.2) is 11.2 Å². The van der Waals surface area contributed by atoms with E-state index >= 15 is 0 Å². The van der Waals surface area contributed by atoms with Gasteiger partial charge in [-0.3, -0.25) is 13.9 Å². The summed E-state index contributed by atoms with van der Waals surface area (Å²) >= 11 is 0. The van der Waals surface area contributed by atoms with Gasteiger partial charge in [0.1, 0.15) is 0 Å². The predicted octanol–water partition coefficient (Wildman–Crippen LogP) is 1.21. The average molecular weight is 328 g/mol. The first kappa shape index (κ1) is 16.4. The van der Waals surface area contributed by atoms with Crippen LogP contribution >= 0.6 is 0 Å². The van der Waals surface area contributed by atoms with Crippen LogP contribution in [0.2, 0.25) is 0 Å². The maximum absolute atomic E-state index is 12.9. The SMILES string of the molecule is CC#CCn1c(N2CCCCC2)nc2nc(N(C)C)n(C)c(=O)c21. The van der Waals surface area contributed by atoms with Gasteiger partial charge in [-0.05, 0) is 26.2 Å². The number of hydrogen-bond donors (Lipinski definition) is 0. The number of hydrogen-bond acceptors (Lipinski definition) is 5. The standard InChI is InChI=1S/C17H24N6O/c1-5-6-12-23-13-14(18-16(20(2)3)21(4)15(13)24)19-17(23)22-10-8-7-9-11-22/h7-12H2,1-4H3. The quantitative estimate of drug-likeness (QED) is 0.793. The van der Waals surface area contributed by atoms with Gasteiger partial charge in [0, 0.05) is 34.2 Å². The number of aromatic nitrogens is 4. The Morgan fingerprint density at radius 2 is 1.88 bits per heavy atom. The van der Waals surface area contributed by atoms with Crippen LogP contribution in [-0.2, 0) is 13.6 Å². The second-order valence-corrected chi connectivity index (χ2v) is 6.32. The van der Waals surface area contributed by atoms with E-state index in [9.17, 15) is 4.79 Å². The van der Waals surface area contributed by atoms with Crippen LogP contribution in [-0.4, -0.2) is 46.3 Å². The van der Waals surface area contributed by atoms with Crippen molar-refractivity contribution in [3.63, 3.8) is 0 Å². The van der Waals surface area contributed by atoms with Gasteiger partial charge in [-0.25, -0.2) is 0 Å². The number of rotatable bonds is 3. The molecule has 3 heterocycles. The maximum Gasteiger partial charge on any atom is 0.281 e. The van der Waals surface area contributed by atoms with Crippen molar-refractivity contribution >= 4 is 23.1 Å². The average Bonchev–Trinajstić information content (AvgIpc) is 2.95. The van der Waals surface area contributed by atoms with E-state index in [4.69, 9.17) is 4.98 Å². The highest BCUT2D eigenvalue weighted by atomic mass is 16.1. The van der Waals surface area contributed by atoms with Gasteiger partial charge in [-0.15, -0.1) is 5.92 Å². The Labute approximate surface area is 141 Å². The first-order valence-corrected chi connectivity index (χ1v) is 8.33. The highest BCUT2D eigenvalue weighted by Gasteiger charge is 2.23. The van der Waals surface area contributed by atoms with Crippen molar-refractivity contribution < 1.29 is 0 Å². The number of fused-ring (bicyclic) bond motifs is 1. The van der Waals surface area contributed by atoms with Crippen molar-refractivity contribution in [1.82, 2.24) is 19.1 Å². The molecule has 2 aromatic heterocycles. The first-order valence-electron chi connectivity index (χ1n) is 8.33. The van der Waals surface area contributed by atoms with E-state index in [-0.39, 0.29) is 5.56 Å². The molecule has 0 bridgehead atoms. The van der Waals surface area contributed by atoms with Gasteiger partial charge >= 0.3 is 0 Å². The predicted molar refractivity (Wildman–Crippen MR) is 96.6 cm³/mol. The molecule has 0 saturated carbocycles. The van der Waals surface area contributed by atoms with Crippen LogP contribution in [0.1, 0.15) is 26.2 Å². The molecule has 2 aromatic rings. The molecule has 0 aliphatic carbocycles. The number of imidazole rings is 1. The van der Waals surface area contributed by atoms with E-state index in [1.165, 1.54) is 6.42 Å². The van der Waals surface area contributed by atoms with E-state index in [1.807, 2.05) is 23.6 Å². The lowest BCUT2D eigenvalue weighted by molar-refractivity contribution is 0.561. The fraction of sp³-hybridized carbons (Fsp3) is 0.588. The monoisotopic (exact) mass is 328 g/mol. The molecule has 1 aliphatic heterocycles. The zero-order chi connectivity index (χ0) is 17.3. The number of nitrogens with zero attached hydrogens (tertiary/aromatic N) is 6. The molecule has 7 nitrogen and oxygen atoms in total. The first-order chi connectivity index (χ1) is 11.5. The van der Waals surface area contributed by atoms with Crippen molar-refractivity contribution in [1.29, 1.82) is 0 Å². The molecule has 128 valence electrons. The third kappa shape index (κ3) is 2.73. The highest BCUT2D eigenvalue weighted by molar-refractivity contribution is 5.75. The Balaban J connectivity index is 2.24. The van der Waals surface area contributed by atoms with E-state index in [2.05, 4.69) is 21.7 Å². The fourth-order valence-electron chi connectivity index (χ4n) is 3.18. The second-order valence-electron chi connectivity index (χ2n) is 6.32. The Bertz CT molecular complexity index is 861. The lowest BCUT2D eigenvalue weighted by atomic mass is 10.1. The molecule has 0 atom stereocenters. The van der Waals surface area contributed by atoms with E-state index in [0.717, 1.165) is 31.9 Å². The van der Waals surface area contributed by atoms with E-state index in [0.29, 0.717) is 23.7 Å². The third-order valence-corrected chi connectivity index (χ3v) is 4.40. The Morgan fingerprint density at radius 1 is 1.17 bits per heavy atom. The summed E-state index contributed by atoms with van der Waals surface area (Å²) in [6.07, 6.45) is 3.55. The second kappa shape index (κ2) is 6.56. The molecule has 1 fully saturated rings. The molecule has 0 spiro atoms. The van der Waals surface area contributed by atoms with Crippen LogP contribution in [0.3, 0.4) is 0 Å². The minimum atomic E-state index is -0.0858. The van der Waals surface area contributed by atoms with E-state index < -0.39 is 0 Å². The summed E-state index contributed by atoms with van der Waals surface area (Å²) in [5.74, 6) is 7.39. The Kier molecular flexibility index (Phi) is 4.47. The molecule has 0 amide bonds. The fourth-order valence-corrected chi connectivity index (χ4v) is 3.18. The summed E-state index contributed by atoms with van der Waals surface area (Å²) in [6, 6.07) is 0. The van der Waals surface area contributed by atoms with Crippen LogP contribution in [0.4, 0.5) is 11.9 Å². The molecule has 0 unspecified atom stereocenters. The van der Waals surface area contributed by atoms with Gasteiger partial charge in [-0.2, -0.15) is 9.97 Å². The van der Waals surface area contributed by atoms with Crippen molar-refractivity contribution in [2.45, 2.75) is 32.7 Å². The zero-order valence-corrected chi connectivity index (χ0v) is 14.8. The Morgan fingerprint density at radius 3 is 2.50 bits per heavy atom. The van der Waals surface area contributed by atoms with Crippen LogP contribution in [0, 0.1) is 11.8 Å². The van der Waals surface area contributed by atoms with Gasteiger partial charge < -0.3 is 9.80 Å². The molecule has 1 saturated heterocycles. The minimum Gasteiger partial charge on any atom is -0.348 e. The molecule has 24 heavy (non-hydrogen) atoms. The van der Waals surface area contributed by atoms with Crippen molar-refractivity contribution in [2.24, 2.45) is 7.05 Å².